The van der Waals surface area contributed by atoms with Crippen molar-refractivity contribution in [1.29, 1.82) is 0 Å². The first-order chi connectivity index (χ1) is 14.3. The van der Waals surface area contributed by atoms with Crippen LogP contribution in [0.5, 0.6) is 0 Å². The van der Waals surface area contributed by atoms with Gasteiger partial charge >= 0.3 is 0 Å². The average Bonchev–Trinajstić information content (AvgIpc) is 2.78. The monoisotopic (exact) mass is 406 g/mol. The summed E-state index contributed by atoms with van der Waals surface area (Å²) in [7, 11) is -0.476. The van der Waals surface area contributed by atoms with Crippen LogP contribution < -0.4 is 10.6 Å². The Balaban J connectivity index is 2.46. The fourth-order valence-corrected chi connectivity index (χ4v) is 5.74. The smallest absolute Gasteiger partial charge is 0.0157 e. The van der Waals surface area contributed by atoms with E-state index in [2.05, 4.69) is 93.3 Å². The van der Waals surface area contributed by atoms with Crippen LogP contribution in [0.15, 0.2) is 83.7 Å². The Morgan fingerprint density at radius 1 is 0.655 bits per heavy atom. The fraction of sp³-hybridized carbons (Fsp3) is 0.429. The zero-order chi connectivity index (χ0) is 20.7. The molecular weight excluding hydrogens is 367 g/mol. The summed E-state index contributed by atoms with van der Waals surface area (Å²) in [5.74, 6) is 2.64. The van der Waals surface area contributed by atoms with Crippen molar-refractivity contribution in [2.75, 3.05) is 0 Å². The van der Waals surface area contributed by atoms with Crippen molar-refractivity contribution < 1.29 is 0 Å². The van der Waals surface area contributed by atoms with E-state index in [4.69, 9.17) is 0 Å². The highest BCUT2D eigenvalue weighted by molar-refractivity contribution is 7.75. The molecule has 1 heteroatoms. The van der Waals surface area contributed by atoms with Crippen LogP contribution >= 0.6 is 7.92 Å². The Bertz CT molecular complexity index is 688. The summed E-state index contributed by atoms with van der Waals surface area (Å²) in [6.07, 6.45) is 13.8. The molecule has 0 saturated carbocycles. The van der Waals surface area contributed by atoms with E-state index in [0.717, 1.165) is 0 Å². The Labute approximate surface area is 180 Å². The van der Waals surface area contributed by atoms with Gasteiger partial charge in [0.15, 0.2) is 0 Å². The van der Waals surface area contributed by atoms with Crippen LogP contribution in [0.3, 0.4) is 0 Å². The van der Waals surface area contributed by atoms with E-state index in [1.165, 1.54) is 68.4 Å². The lowest BCUT2D eigenvalue weighted by atomic mass is 9.96. The zero-order valence-electron chi connectivity index (χ0n) is 18.7. The minimum Gasteiger partial charge on any atom is -0.0810 e. The third kappa shape index (κ3) is 8.31. The molecule has 0 bridgehead atoms. The normalized spacial score (nSPS) is 12.6. The Hall–Kier alpha value is -1.65. The quantitative estimate of drug-likeness (QED) is 0.178. The van der Waals surface area contributed by atoms with Crippen molar-refractivity contribution >= 4 is 18.5 Å². The van der Waals surface area contributed by atoms with Gasteiger partial charge in [-0.15, -0.1) is 0 Å². The molecule has 0 aliphatic carbocycles. The predicted octanol–water partition coefficient (Wildman–Crippen LogP) is 8.50. The maximum absolute atomic E-state index is 2.64. The van der Waals surface area contributed by atoms with Crippen molar-refractivity contribution in [3.8, 4) is 0 Å². The first-order valence-corrected chi connectivity index (χ1v) is 13.0. The number of hydrogen-bond acceptors (Lipinski definition) is 0. The number of allylic oxidation sites excluding steroid dienone is 3. The van der Waals surface area contributed by atoms with Crippen LogP contribution in [-0.2, 0) is 0 Å². The van der Waals surface area contributed by atoms with Crippen LogP contribution in [-0.4, -0.2) is 0 Å². The summed E-state index contributed by atoms with van der Waals surface area (Å²) in [4.78, 5) is 0. The number of benzene rings is 2. The summed E-state index contributed by atoms with van der Waals surface area (Å²) in [5, 5.41) is 2.90. The molecule has 156 valence electrons. The molecule has 0 aromatic heterocycles. The summed E-state index contributed by atoms with van der Waals surface area (Å²) in [6.45, 7) is 6.90. The van der Waals surface area contributed by atoms with E-state index in [9.17, 15) is 0 Å². The van der Waals surface area contributed by atoms with Crippen LogP contribution in [0.4, 0.5) is 0 Å². The first-order valence-electron chi connectivity index (χ1n) is 11.6. The second kappa shape index (κ2) is 14.4. The van der Waals surface area contributed by atoms with Gasteiger partial charge in [0, 0.05) is 0 Å². The third-order valence-corrected chi connectivity index (χ3v) is 7.59. The number of hydrogen-bond donors (Lipinski definition) is 0. The second-order valence-electron chi connectivity index (χ2n) is 7.77. The van der Waals surface area contributed by atoms with Crippen LogP contribution in [0.25, 0.3) is 0 Å². The highest BCUT2D eigenvalue weighted by Gasteiger charge is 2.14. The molecule has 0 aliphatic heterocycles. The summed E-state index contributed by atoms with van der Waals surface area (Å²) in [6, 6.07) is 22.2. The molecule has 0 fully saturated rings. The molecule has 0 unspecified atom stereocenters. The second-order valence-corrected chi connectivity index (χ2v) is 9.81. The molecule has 0 nitrogen and oxygen atoms in total. The Morgan fingerprint density at radius 3 is 1.62 bits per heavy atom. The van der Waals surface area contributed by atoms with Crippen LogP contribution in [0, 0.1) is 0 Å². The SMILES string of the molecule is CCCC/C=C(CCCC)/C(=C/P(c1ccccc1)c1ccccc1)CCCC. The largest absolute Gasteiger partial charge is 0.0810 e. The average molecular weight is 407 g/mol. The molecule has 0 atom stereocenters. The van der Waals surface area contributed by atoms with Gasteiger partial charge in [-0.3, -0.25) is 0 Å². The highest BCUT2D eigenvalue weighted by atomic mass is 31.1. The van der Waals surface area contributed by atoms with E-state index in [1.54, 1.807) is 11.1 Å². The van der Waals surface area contributed by atoms with Gasteiger partial charge in [0.25, 0.3) is 0 Å². The number of unbranched alkanes of at least 4 members (excludes halogenated alkanes) is 4. The van der Waals surface area contributed by atoms with Crippen LogP contribution in [0.2, 0.25) is 0 Å². The lowest BCUT2D eigenvalue weighted by Gasteiger charge is -2.19. The van der Waals surface area contributed by atoms with Crippen molar-refractivity contribution in [1.82, 2.24) is 0 Å². The van der Waals surface area contributed by atoms with Crippen molar-refractivity contribution in [2.24, 2.45) is 0 Å². The topological polar surface area (TPSA) is 0 Å². The third-order valence-electron chi connectivity index (χ3n) is 5.31. The molecule has 0 aliphatic rings. The van der Waals surface area contributed by atoms with Gasteiger partial charge in [0.1, 0.15) is 0 Å². The molecule has 29 heavy (non-hydrogen) atoms. The van der Waals surface area contributed by atoms with Crippen molar-refractivity contribution in [3.63, 3.8) is 0 Å². The van der Waals surface area contributed by atoms with E-state index in [1.807, 2.05) is 0 Å². The van der Waals surface area contributed by atoms with Gasteiger partial charge in [0.05, 0.1) is 0 Å². The van der Waals surface area contributed by atoms with E-state index >= 15 is 0 Å². The minimum atomic E-state index is -0.476. The lowest BCUT2D eigenvalue weighted by Crippen LogP contribution is -2.10. The standard InChI is InChI=1S/C28H39P/c1-4-7-12-19-25(17-8-5-2)26(18-9-6-3)24-29(27-20-13-10-14-21-27)28-22-15-11-16-23-28/h10-11,13-16,19-24H,4-9,12,17-18H2,1-3H3/b25-19+,26-24+. The van der Waals surface area contributed by atoms with Crippen LogP contribution in [0.1, 0.15) is 78.6 Å². The molecule has 2 aromatic rings. The molecule has 2 rings (SSSR count). The highest BCUT2D eigenvalue weighted by Crippen LogP contribution is 2.39. The number of rotatable bonds is 13. The maximum atomic E-state index is 2.64. The molecule has 0 N–H and O–H groups in total. The summed E-state index contributed by atoms with van der Waals surface area (Å²) < 4.78 is 0. The molecule has 0 heterocycles. The molecule has 0 spiro atoms. The Morgan fingerprint density at radius 2 is 1.14 bits per heavy atom. The summed E-state index contributed by atoms with van der Waals surface area (Å²) in [5.41, 5.74) is 3.23. The van der Waals surface area contributed by atoms with E-state index < -0.39 is 7.92 Å². The molecule has 0 radical (unpaired) electrons. The van der Waals surface area contributed by atoms with Gasteiger partial charge in [0.2, 0.25) is 0 Å². The van der Waals surface area contributed by atoms with Crippen molar-refractivity contribution in [3.05, 3.63) is 83.7 Å². The Kier molecular flexibility index (Phi) is 11.7. The predicted molar refractivity (Wildman–Crippen MR) is 134 cm³/mol. The van der Waals surface area contributed by atoms with Gasteiger partial charge < -0.3 is 0 Å². The lowest BCUT2D eigenvalue weighted by molar-refractivity contribution is 0.743. The van der Waals surface area contributed by atoms with Gasteiger partial charge in [-0.1, -0.05) is 113 Å². The van der Waals surface area contributed by atoms with Gasteiger partial charge in [-0.2, -0.15) is 0 Å². The fourth-order valence-electron chi connectivity index (χ4n) is 3.55. The first kappa shape index (κ1) is 23.6. The minimum absolute atomic E-state index is 0.476. The maximum Gasteiger partial charge on any atom is -0.0157 e. The zero-order valence-corrected chi connectivity index (χ0v) is 19.6. The van der Waals surface area contributed by atoms with E-state index in [-0.39, 0.29) is 0 Å². The van der Waals surface area contributed by atoms with Crippen molar-refractivity contribution in [2.45, 2.75) is 78.6 Å². The molecule has 0 saturated heterocycles. The molecular formula is C28H39P. The molecule has 2 aromatic carbocycles. The van der Waals surface area contributed by atoms with Gasteiger partial charge in [-0.25, -0.2) is 0 Å². The molecule has 0 amide bonds. The summed E-state index contributed by atoms with van der Waals surface area (Å²) >= 11 is 0. The van der Waals surface area contributed by atoms with Gasteiger partial charge in [-0.05, 0) is 67.6 Å². The van der Waals surface area contributed by atoms with E-state index in [0.29, 0.717) is 0 Å².